The maximum absolute atomic E-state index is 5.88. The van der Waals surface area contributed by atoms with E-state index in [2.05, 4.69) is 0 Å². The Morgan fingerprint density at radius 3 is 2.57 bits per heavy atom. The summed E-state index contributed by atoms with van der Waals surface area (Å²) in [4.78, 5) is 0. The molecular weight excluding hydrogens is 316 g/mol. The molecule has 5 heteroatoms. The van der Waals surface area contributed by atoms with Crippen LogP contribution in [0.2, 0.25) is 5.02 Å². The molecule has 4 nitrogen and oxygen atoms in total. The SMILES string of the molecule is Clc1ccc([C@H]2OC[C@H](COCCOc3ccccc3)O2)cc1. The molecule has 0 amide bonds. The van der Waals surface area contributed by atoms with E-state index >= 15 is 0 Å². The second kappa shape index (κ2) is 8.31. The van der Waals surface area contributed by atoms with Crippen LogP contribution in [0, 0.1) is 0 Å². The Hall–Kier alpha value is -1.59. The van der Waals surface area contributed by atoms with E-state index in [9.17, 15) is 0 Å². The highest BCUT2D eigenvalue weighted by Crippen LogP contribution is 2.27. The minimum Gasteiger partial charge on any atom is -0.491 e. The lowest BCUT2D eigenvalue weighted by atomic mass is 10.2. The molecule has 0 unspecified atom stereocenters. The zero-order valence-corrected chi connectivity index (χ0v) is 13.4. The Kier molecular flexibility index (Phi) is 5.88. The van der Waals surface area contributed by atoms with E-state index in [-0.39, 0.29) is 12.4 Å². The number of ether oxygens (including phenoxy) is 4. The van der Waals surface area contributed by atoms with E-state index in [1.165, 1.54) is 0 Å². The number of benzene rings is 2. The number of hydrogen-bond donors (Lipinski definition) is 0. The number of rotatable bonds is 7. The molecule has 2 atom stereocenters. The molecule has 122 valence electrons. The Balaban J connectivity index is 1.33. The van der Waals surface area contributed by atoms with Crippen molar-refractivity contribution in [3.63, 3.8) is 0 Å². The number of para-hydroxylation sites is 1. The average molecular weight is 335 g/mol. The summed E-state index contributed by atoms with van der Waals surface area (Å²) in [6.07, 6.45) is -0.408. The van der Waals surface area contributed by atoms with Crippen molar-refractivity contribution in [2.24, 2.45) is 0 Å². The molecule has 0 aliphatic carbocycles. The summed E-state index contributed by atoms with van der Waals surface area (Å²) in [5, 5.41) is 0.699. The highest BCUT2D eigenvalue weighted by atomic mass is 35.5. The first-order valence-corrected chi connectivity index (χ1v) is 7.97. The van der Waals surface area contributed by atoms with Crippen LogP contribution >= 0.6 is 11.6 Å². The largest absolute Gasteiger partial charge is 0.491 e. The first-order chi connectivity index (χ1) is 11.3. The zero-order valence-electron chi connectivity index (χ0n) is 12.7. The van der Waals surface area contributed by atoms with Gasteiger partial charge in [-0.3, -0.25) is 0 Å². The van der Waals surface area contributed by atoms with Crippen LogP contribution in [0.4, 0.5) is 0 Å². The Bertz CT molecular complexity index is 588. The first-order valence-electron chi connectivity index (χ1n) is 7.59. The molecule has 23 heavy (non-hydrogen) atoms. The van der Waals surface area contributed by atoms with Gasteiger partial charge < -0.3 is 18.9 Å². The molecule has 0 bridgehead atoms. The van der Waals surface area contributed by atoms with Crippen molar-refractivity contribution in [2.75, 3.05) is 26.4 Å². The highest BCUT2D eigenvalue weighted by molar-refractivity contribution is 6.30. The molecule has 1 saturated heterocycles. The molecule has 0 aromatic heterocycles. The summed E-state index contributed by atoms with van der Waals surface area (Å²) in [6, 6.07) is 17.2. The van der Waals surface area contributed by atoms with Crippen LogP contribution in [0.25, 0.3) is 0 Å². The van der Waals surface area contributed by atoms with E-state index in [0.29, 0.717) is 31.5 Å². The summed E-state index contributed by atoms with van der Waals surface area (Å²) in [5.41, 5.74) is 0.962. The third-order valence-corrected chi connectivity index (χ3v) is 3.69. The lowest BCUT2D eigenvalue weighted by molar-refractivity contribution is -0.0748. The minimum absolute atomic E-state index is 0.0626. The fourth-order valence-corrected chi connectivity index (χ4v) is 2.41. The van der Waals surface area contributed by atoms with Gasteiger partial charge in [-0.25, -0.2) is 0 Å². The minimum atomic E-state index is -0.346. The molecule has 1 fully saturated rings. The van der Waals surface area contributed by atoms with Crippen LogP contribution in [-0.2, 0) is 14.2 Å². The molecule has 0 saturated carbocycles. The molecular formula is C18H19ClO4. The summed E-state index contributed by atoms with van der Waals surface area (Å²) in [5.74, 6) is 0.847. The van der Waals surface area contributed by atoms with Crippen LogP contribution in [0.1, 0.15) is 11.9 Å². The molecule has 3 rings (SSSR count). The van der Waals surface area contributed by atoms with Crippen molar-refractivity contribution >= 4 is 11.6 Å². The van der Waals surface area contributed by atoms with Gasteiger partial charge >= 0.3 is 0 Å². The van der Waals surface area contributed by atoms with E-state index < -0.39 is 0 Å². The molecule has 1 aliphatic heterocycles. The summed E-state index contributed by atoms with van der Waals surface area (Å²) in [6.45, 7) is 2.04. The van der Waals surface area contributed by atoms with Gasteiger partial charge in [0.15, 0.2) is 6.29 Å². The van der Waals surface area contributed by atoms with Gasteiger partial charge in [0, 0.05) is 10.6 Å². The summed E-state index contributed by atoms with van der Waals surface area (Å²) >= 11 is 5.88. The monoisotopic (exact) mass is 334 g/mol. The van der Waals surface area contributed by atoms with Crippen molar-refractivity contribution in [3.05, 3.63) is 65.2 Å². The molecule has 0 N–H and O–H groups in total. The molecule has 2 aromatic carbocycles. The van der Waals surface area contributed by atoms with Crippen molar-refractivity contribution in [1.82, 2.24) is 0 Å². The van der Waals surface area contributed by atoms with Gasteiger partial charge in [-0.15, -0.1) is 0 Å². The van der Waals surface area contributed by atoms with Crippen molar-refractivity contribution < 1.29 is 18.9 Å². The Morgan fingerprint density at radius 1 is 1.00 bits per heavy atom. The molecule has 1 heterocycles. The third-order valence-electron chi connectivity index (χ3n) is 3.44. The average Bonchev–Trinajstić information content (AvgIpc) is 3.05. The van der Waals surface area contributed by atoms with Crippen LogP contribution in [0.15, 0.2) is 54.6 Å². The van der Waals surface area contributed by atoms with Gasteiger partial charge in [-0.1, -0.05) is 41.9 Å². The van der Waals surface area contributed by atoms with Gasteiger partial charge in [0.2, 0.25) is 0 Å². The summed E-state index contributed by atoms with van der Waals surface area (Å²) in [7, 11) is 0. The zero-order chi connectivity index (χ0) is 15.9. The van der Waals surface area contributed by atoms with Gasteiger partial charge in [0.05, 0.1) is 19.8 Å². The second-order valence-electron chi connectivity index (χ2n) is 5.21. The van der Waals surface area contributed by atoms with Crippen LogP contribution < -0.4 is 4.74 Å². The topological polar surface area (TPSA) is 36.9 Å². The molecule has 0 radical (unpaired) electrons. The lowest BCUT2D eigenvalue weighted by Crippen LogP contribution is -2.20. The van der Waals surface area contributed by atoms with Crippen LogP contribution in [0.5, 0.6) is 5.75 Å². The van der Waals surface area contributed by atoms with E-state index in [0.717, 1.165) is 11.3 Å². The van der Waals surface area contributed by atoms with Gasteiger partial charge in [-0.05, 0) is 24.3 Å². The standard InChI is InChI=1S/C18H19ClO4/c19-15-8-6-14(7-9-15)18-22-13-17(23-18)12-20-10-11-21-16-4-2-1-3-5-16/h1-9,17-18H,10-13H2/t17-,18-/m0/s1. The van der Waals surface area contributed by atoms with Crippen LogP contribution in [-0.4, -0.2) is 32.5 Å². The highest BCUT2D eigenvalue weighted by Gasteiger charge is 2.27. The molecule has 2 aromatic rings. The van der Waals surface area contributed by atoms with Gasteiger partial charge in [0.25, 0.3) is 0 Å². The van der Waals surface area contributed by atoms with Crippen molar-refractivity contribution in [3.8, 4) is 5.75 Å². The maximum Gasteiger partial charge on any atom is 0.184 e. The predicted octanol–water partition coefficient (Wildman–Crippen LogP) is 3.85. The van der Waals surface area contributed by atoms with Crippen LogP contribution in [0.3, 0.4) is 0 Å². The van der Waals surface area contributed by atoms with E-state index in [1.54, 1.807) is 0 Å². The lowest BCUT2D eigenvalue weighted by Gasteiger charge is -2.12. The smallest absolute Gasteiger partial charge is 0.184 e. The van der Waals surface area contributed by atoms with Gasteiger partial charge in [0.1, 0.15) is 18.5 Å². The van der Waals surface area contributed by atoms with Crippen molar-refractivity contribution in [2.45, 2.75) is 12.4 Å². The normalized spacial score (nSPS) is 20.6. The summed E-state index contributed by atoms with van der Waals surface area (Å²) < 4.78 is 22.6. The first kappa shape index (κ1) is 16.3. The van der Waals surface area contributed by atoms with Gasteiger partial charge in [-0.2, -0.15) is 0 Å². The second-order valence-corrected chi connectivity index (χ2v) is 5.65. The Morgan fingerprint density at radius 2 is 1.78 bits per heavy atom. The quantitative estimate of drug-likeness (QED) is 0.721. The fourth-order valence-electron chi connectivity index (χ4n) is 2.28. The maximum atomic E-state index is 5.88. The van der Waals surface area contributed by atoms with E-state index in [1.807, 2.05) is 54.6 Å². The fraction of sp³-hybridized carbons (Fsp3) is 0.333. The van der Waals surface area contributed by atoms with E-state index in [4.69, 9.17) is 30.5 Å². The Labute approximate surface area is 140 Å². The molecule has 1 aliphatic rings. The van der Waals surface area contributed by atoms with Crippen molar-refractivity contribution in [1.29, 1.82) is 0 Å². The molecule has 0 spiro atoms. The predicted molar refractivity (Wildman–Crippen MR) is 87.8 cm³/mol. The number of hydrogen-bond acceptors (Lipinski definition) is 4. The third kappa shape index (κ3) is 4.94. The number of halogens is 1.